The minimum atomic E-state index is -4.38. The Balaban J connectivity index is 2.26. The first-order chi connectivity index (χ1) is 8.77. The van der Waals surface area contributed by atoms with Gasteiger partial charge in [-0.2, -0.15) is 13.2 Å². The fourth-order valence-corrected chi connectivity index (χ4v) is 2.77. The number of aromatic nitrogens is 1. The van der Waals surface area contributed by atoms with Crippen LogP contribution in [0, 0.1) is 0 Å². The van der Waals surface area contributed by atoms with Crippen LogP contribution in [0.1, 0.15) is 19.4 Å². The summed E-state index contributed by atoms with van der Waals surface area (Å²) >= 11 is 3.17. The largest absolute Gasteiger partial charge is 0.417 e. The number of morpholine rings is 1. The molecule has 2 unspecified atom stereocenters. The van der Waals surface area contributed by atoms with Gasteiger partial charge in [-0.25, -0.2) is 4.98 Å². The van der Waals surface area contributed by atoms with Crippen molar-refractivity contribution >= 4 is 21.7 Å². The molecule has 0 saturated carbocycles. The average molecular weight is 339 g/mol. The Labute approximate surface area is 117 Å². The summed E-state index contributed by atoms with van der Waals surface area (Å²) in [6.07, 6.45) is -3.45. The lowest BCUT2D eigenvalue weighted by molar-refractivity contribution is -0.137. The highest BCUT2D eigenvalue weighted by Crippen LogP contribution is 2.34. The number of pyridine rings is 1. The van der Waals surface area contributed by atoms with Gasteiger partial charge < -0.3 is 9.64 Å². The van der Waals surface area contributed by atoms with E-state index < -0.39 is 11.7 Å². The number of rotatable bonds is 1. The number of alkyl halides is 3. The number of nitrogens with zero attached hydrogens (tertiary/aromatic N) is 2. The minimum Gasteiger partial charge on any atom is -0.372 e. The molecule has 0 aromatic carbocycles. The molecular weight excluding hydrogens is 325 g/mol. The maximum absolute atomic E-state index is 12.6. The predicted molar refractivity (Wildman–Crippen MR) is 69.2 cm³/mol. The Kier molecular flexibility index (Phi) is 4.06. The zero-order chi connectivity index (χ0) is 14.2. The maximum atomic E-state index is 12.6. The second-order valence-corrected chi connectivity index (χ2v) is 5.54. The molecular formula is C12H14BrF3N2O. The van der Waals surface area contributed by atoms with Crippen LogP contribution in [0.25, 0.3) is 0 Å². The van der Waals surface area contributed by atoms with Gasteiger partial charge in [0.1, 0.15) is 5.82 Å². The first-order valence-corrected chi connectivity index (χ1v) is 6.70. The average Bonchev–Trinajstić information content (AvgIpc) is 2.26. The van der Waals surface area contributed by atoms with Crippen molar-refractivity contribution in [1.29, 1.82) is 0 Å². The Morgan fingerprint density at radius 2 is 1.89 bits per heavy atom. The van der Waals surface area contributed by atoms with E-state index in [0.717, 1.165) is 12.3 Å². The van der Waals surface area contributed by atoms with Gasteiger partial charge in [0.25, 0.3) is 0 Å². The molecule has 0 radical (unpaired) electrons. The first kappa shape index (κ1) is 14.6. The summed E-state index contributed by atoms with van der Waals surface area (Å²) in [7, 11) is 0. The van der Waals surface area contributed by atoms with Crippen LogP contribution in [-0.4, -0.2) is 30.3 Å². The van der Waals surface area contributed by atoms with Crippen LogP contribution in [0.2, 0.25) is 0 Å². The van der Waals surface area contributed by atoms with Crippen LogP contribution in [0.15, 0.2) is 16.7 Å². The summed E-state index contributed by atoms with van der Waals surface area (Å²) in [4.78, 5) is 5.87. The molecule has 1 aromatic heterocycles. The fourth-order valence-electron chi connectivity index (χ4n) is 2.17. The Bertz CT molecular complexity index is 457. The first-order valence-electron chi connectivity index (χ1n) is 5.90. The number of anilines is 1. The molecule has 0 amide bonds. The Hall–Kier alpha value is -0.820. The lowest BCUT2D eigenvalue weighted by Crippen LogP contribution is -2.46. The Morgan fingerprint density at radius 3 is 2.37 bits per heavy atom. The fraction of sp³-hybridized carbons (Fsp3) is 0.583. The molecule has 19 heavy (non-hydrogen) atoms. The standard InChI is InChI=1S/C12H14BrF3N2O/c1-7-5-18(6-8(2)19-7)11-10(13)3-9(4-17-11)12(14,15)16/h3-4,7-8H,5-6H2,1-2H3. The normalized spacial score (nSPS) is 24.6. The van der Waals surface area contributed by atoms with Crippen molar-refractivity contribution in [2.45, 2.75) is 32.2 Å². The summed E-state index contributed by atoms with van der Waals surface area (Å²) in [5.41, 5.74) is -0.752. The molecule has 2 rings (SSSR count). The van der Waals surface area contributed by atoms with Crippen molar-refractivity contribution < 1.29 is 17.9 Å². The number of halogens is 4. The molecule has 1 aromatic rings. The predicted octanol–water partition coefficient (Wildman–Crippen LogP) is 3.48. The van der Waals surface area contributed by atoms with Crippen molar-refractivity contribution in [3.8, 4) is 0 Å². The van der Waals surface area contributed by atoms with Crippen LogP contribution in [0.4, 0.5) is 19.0 Å². The number of hydrogen-bond acceptors (Lipinski definition) is 3. The highest BCUT2D eigenvalue weighted by molar-refractivity contribution is 9.10. The van der Waals surface area contributed by atoms with E-state index in [1.165, 1.54) is 0 Å². The molecule has 0 bridgehead atoms. The quantitative estimate of drug-likeness (QED) is 0.783. The molecule has 106 valence electrons. The zero-order valence-corrected chi connectivity index (χ0v) is 12.1. The molecule has 7 heteroatoms. The highest BCUT2D eigenvalue weighted by atomic mass is 79.9. The molecule has 1 aliphatic heterocycles. The summed E-state index contributed by atoms with van der Waals surface area (Å²) < 4.78 is 43.7. The van der Waals surface area contributed by atoms with Crippen LogP contribution >= 0.6 is 15.9 Å². The minimum absolute atomic E-state index is 0.0275. The van der Waals surface area contributed by atoms with Gasteiger partial charge in [0, 0.05) is 19.3 Å². The van der Waals surface area contributed by atoms with Crippen molar-refractivity contribution in [1.82, 2.24) is 4.98 Å². The van der Waals surface area contributed by atoms with E-state index in [0.29, 0.717) is 23.4 Å². The number of ether oxygens (including phenoxy) is 1. The van der Waals surface area contributed by atoms with Gasteiger partial charge >= 0.3 is 6.18 Å². The van der Waals surface area contributed by atoms with E-state index in [4.69, 9.17) is 4.74 Å². The van der Waals surface area contributed by atoms with Gasteiger partial charge in [-0.05, 0) is 35.8 Å². The maximum Gasteiger partial charge on any atom is 0.417 e. The summed E-state index contributed by atoms with van der Waals surface area (Å²) in [5, 5.41) is 0. The monoisotopic (exact) mass is 338 g/mol. The van der Waals surface area contributed by atoms with E-state index in [9.17, 15) is 13.2 Å². The van der Waals surface area contributed by atoms with Gasteiger partial charge in [0.05, 0.1) is 22.2 Å². The van der Waals surface area contributed by atoms with E-state index >= 15 is 0 Å². The van der Waals surface area contributed by atoms with Crippen molar-refractivity contribution in [2.75, 3.05) is 18.0 Å². The van der Waals surface area contributed by atoms with Crippen molar-refractivity contribution in [3.05, 3.63) is 22.3 Å². The van der Waals surface area contributed by atoms with Gasteiger partial charge in [-0.1, -0.05) is 0 Å². The second kappa shape index (κ2) is 5.28. The van der Waals surface area contributed by atoms with Gasteiger partial charge in [-0.15, -0.1) is 0 Å². The molecule has 0 N–H and O–H groups in total. The molecule has 0 aliphatic carbocycles. The van der Waals surface area contributed by atoms with Crippen molar-refractivity contribution in [3.63, 3.8) is 0 Å². The third-order valence-corrected chi connectivity index (χ3v) is 3.45. The highest BCUT2D eigenvalue weighted by Gasteiger charge is 2.32. The van der Waals surface area contributed by atoms with Gasteiger partial charge in [0.2, 0.25) is 0 Å². The lowest BCUT2D eigenvalue weighted by Gasteiger charge is -2.36. The molecule has 2 atom stereocenters. The SMILES string of the molecule is CC1CN(c2ncc(C(F)(F)F)cc2Br)CC(C)O1. The molecule has 3 nitrogen and oxygen atoms in total. The third kappa shape index (κ3) is 3.39. The number of hydrogen-bond donors (Lipinski definition) is 0. The van der Waals surface area contributed by atoms with Gasteiger partial charge in [0.15, 0.2) is 0 Å². The smallest absolute Gasteiger partial charge is 0.372 e. The van der Waals surface area contributed by atoms with Crippen LogP contribution in [-0.2, 0) is 10.9 Å². The molecule has 1 saturated heterocycles. The summed E-state index contributed by atoms with van der Waals surface area (Å²) in [6.45, 7) is 5.09. The van der Waals surface area contributed by atoms with Crippen LogP contribution < -0.4 is 4.90 Å². The molecule has 1 aliphatic rings. The lowest BCUT2D eigenvalue weighted by atomic mass is 10.2. The summed E-state index contributed by atoms with van der Waals surface area (Å²) in [5.74, 6) is 0.523. The summed E-state index contributed by atoms with van der Waals surface area (Å²) in [6, 6.07) is 1.06. The molecule has 1 fully saturated rings. The van der Waals surface area contributed by atoms with E-state index in [2.05, 4.69) is 20.9 Å². The van der Waals surface area contributed by atoms with Gasteiger partial charge in [-0.3, -0.25) is 0 Å². The molecule has 2 heterocycles. The van der Waals surface area contributed by atoms with E-state index in [1.807, 2.05) is 18.7 Å². The second-order valence-electron chi connectivity index (χ2n) is 4.69. The van der Waals surface area contributed by atoms with Crippen molar-refractivity contribution in [2.24, 2.45) is 0 Å². The zero-order valence-electron chi connectivity index (χ0n) is 10.5. The molecule has 0 spiro atoms. The van der Waals surface area contributed by atoms with E-state index in [1.54, 1.807) is 0 Å². The Morgan fingerprint density at radius 1 is 1.32 bits per heavy atom. The van der Waals surface area contributed by atoms with Crippen LogP contribution in [0.3, 0.4) is 0 Å². The van der Waals surface area contributed by atoms with E-state index in [-0.39, 0.29) is 12.2 Å². The third-order valence-electron chi connectivity index (χ3n) is 2.87. The van der Waals surface area contributed by atoms with Crippen LogP contribution in [0.5, 0.6) is 0 Å². The topological polar surface area (TPSA) is 25.4 Å².